The third-order valence-electron chi connectivity index (χ3n) is 2.30. The van der Waals surface area contributed by atoms with E-state index in [1.165, 1.54) is 17.0 Å². The number of nitrogens with zero attached hydrogens (tertiary/aromatic N) is 1. The Kier molecular flexibility index (Phi) is 5.05. The molecule has 94 valence electrons. The second-order valence-electron chi connectivity index (χ2n) is 3.57. The van der Waals surface area contributed by atoms with Gasteiger partial charge in [-0.2, -0.15) is 0 Å². The van der Waals surface area contributed by atoms with Crippen molar-refractivity contribution >= 4 is 34.8 Å². The fourth-order valence-electron chi connectivity index (χ4n) is 1.26. The van der Waals surface area contributed by atoms with E-state index in [0.717, 1.165) is 0 Å². The average molecular weight is 277 g/mol. The van der Waals surface area contributed by atoms with Crippen LogP contribution >= 0.6 is 23.2 Å². The first-order valence-corrected chi connectivity index (χ1v) is 5.72. The lowest BCUT2D eigenvalue weighted by atomic mass is 10.2. The van der Waals surface area contributed by atoms with Gasteiger partial charge in [-0.3, -0.25) is 4.79 Å². The van der Waals surface area contributed by atoms with Crippen molar-refractivity contribution in [3.05, 3.63) is 27.7 Å². The van der Waals surface area contributed by atoms with Gasteiger partial charge in [0.25, 0.3) is 5.91 Å². The van der Waals surface area contributed by atoms with Crippen LogP contribution in [0.5, 0.6) is 0 Å². The second-order valence-corrected chi connectivity index (χ2v) is 4.39. The maximum atomic E-state index is 12.0. The van der Waals surface area contributed by atoms with Gasteiger partial charge < -0.3 is 15.4 Å². The zero-order valence-corrected chi connectivity index (χ0v) is 11.2. The molecule has 1 rings (SSSR count). The predicted molar refractivity (Wildman–Crippen MR) is 69.7 cm³/mol. The zero-order valence-electron chi connectivity index (χ0n) is 9.67. The van der Waals surface area contributed by atoms with Crippen LogP contribution < -0.4 is 5.73 Å². The Balaban J connectivity index is 2.89. The maximum absolute atomic E-state index is 12.0. The molecular formula is C11H14Cl2N2O2. The lowest BCUT2D eigenvalue weighted by molar-refractivity contribution is 0.0744. The summed E-state index contributed by atoms with van der Waals surface area (Å²) in [5, 5.41) is 0.557. The summed E-state index contributed by atoms with van der Waals surface area (Å²) in [7, 11) is 3.26. The summed E-state index contributed by atoms with van der Waals surface area (Å²) in [6.45, 7) is 0.966. The highest BCUT2D eigenvalue weighted by Gasteiger charge is 2.14. The van der Waals surface area contributed by atoms with Gasteiger partial charge in [0.1, 0.15) is 0 Å². The summed E-state index contributed by atoms with van der Waals surface area (Å²) in [5.41, 5.74) is 6.29. The largest absolute Gasteiger partial charge is 0.396 e. The van der Waals surface area contributed by atoms with Crippen LogP contribution in [0.4, 0.5) is 5.69 Å². The van der Waals surface area contributed by atoms with Gasteiger partial charge in [0.2, 0.25) is 0 Å². The zero-order chi connectivity index (χ0) is 13.0. The molecule has 0 bridgehead atoms. The van der Waals surface area contributed by atoms with E-state index >= 15 is 0 Å². The Bertz CT molecular complexity index is 401. The normalized spacial score (nSPS) is 10.4. The fraction of sp³-hybridized carbons (Fsp3) is 0.364. The first kappa shape index (κ1) is 14.1. The van der Waals surface area contributed by atoms with Crippen LogP contribution in [0, 0.1) is 0 Å². The number of nitrogens with two attached hydrogens (primary N) is 1. The molecular weight excluding hydrogens is 263 g/mol. The highest BCUT2D eigenvalue weighted by atomic mass is 35.5. The van der Waals surface area contributed by atoms with E-state index < -0.39 is 0 Å². The lowest BCUT2D eigenvalue weighted by Crippen LogP contribution is -2.29. The standard InChI is InChI=1S/C11H14Cl2N2O2/c1-15(3-4-17-2)11(16)7-5-8(12)10(14)9(13)6-7/h5-6H,3-4,14H2,1-2H3. The summed E-state index contributed by atoms with van der Waals surface area (Å²) in [5.74, 6) is -0.175. The first-order valence-electron chi connectivity index (χ1n) is 4.96. The van der Waals surface area contributed by atoms with E-state index in [2.05, 4.69) is 0 Å². The number of hydrogen-bond acceptors (Lipinski definition) is 3. The Labute approximate surface area is 110 Å². The van der Waals surface area contributed by atoms with Crippen LogP contribution in [0.25, 0.3) is 0 Å². The molecule has 0 heterocycles. The molecule has 6 heteroatoms. The van der Waals surface area contributed by atoms with Gasteiger partial charge in [-0.15, -0.1) is 0 Å². The highest BCUT2D eigenvalue weighted by Crippen LogP contribution is 2.29. The molecule has 17 heavy (non-hydrogen) atoms. The fourth-order valence-corrected chi connectivity index (χ4v) is 1.74. The van der Waals surface area contributed by atoms with Crippen LogP contribution in [0.2, 0.25) is 10.0 Å². The minimum atomic E-state index is -0.175. The molecule has 1 aromatic carbocycles. The van der Waals surface area contributed by atoms with Gasteiger partial charge in [0.05, 0.1) is 22.3 Å². The molecule has 0 aliphatic carbocycles. The number of amides is 1. The molecule has 0 unspecified atom stereocenters. The van der Waals surface area contributed by atoms with Crippen LogP contribution in [-0.2, 0) is 4.74 Å². The molecule has 0 spiro atoms. The number of carbonyl (C=O) groups is 1. The molecule has 2 N–H and O–H groups in total. The van der Waals surface area contributed by atoms with Crippen molar-refractivity contribution in [2.75, 3.05) is 33.0 Å². The Morgan fingerprint density at radius 1 is 1.41 bits per heavy atom. The van der Waals surface area contributed by atoms with Crippen molar-refractivity contribution in [1.82, 2.24) is 4.90 Å². The number of ether oxygens (including phenoxy) is 1. The molecule has 0 aliphatic rings. The van der Waals surface area contributed by atoms with Crippen LogP contribution in [0.1, 0.15) is 10.4 Å². The van der Waals surface area contributed by atoms with E-state index in [4.69, 9.17) is 33.7 Å². The SMILES string of the molecule is COCCN(C)C(=O)c1cc(Cl)c(N)c(Cl)c1. The highest BCUT2D eigenvalue weighted by molar-refractivity contribution is 6.39. The van der Waals surface area contributed by atoms with Crippen molar-refractivity contribution in [2.45, 2.75) is 0 Å². The van der Waals surface area contributed by atoms with Gasteiger partial charge in [-0.1, -0.05) is 23.2 Å². The second kappa shape index (κ2) is 6.10. The van der Waals surface area contributed by atoms with Crippen LogP contribution in [0.3, 0.4) is 0 Å². The number of halogens is 2. The van der Waals surface area contributed by atoms with Gasteiger partial charge in [0.15, 0.2) is 0 Å². The van der Waals surface area contributed by atoms with Gasteiger partial charge in [-0.05, 0) is 12.1 Å². The average Bonchev–Trinajstić information content (AvgIpc) is 2.31. The Hall–Kier alpha value is -0.970. The summed E-state index contributed by atoms with van der Waals surface area (Å²) in [6, 6.07) is 3.02. The number of benzene rings is 1. The number of anilines is 1. The quantitative estimate of drug-likeness (QED) is 0.859. The molecule has 0 radical (unpaired) electrons. The van der Waals surface area contributed by atoms with Crippen molar-refractivity contribution in [3.8, 4) is 0 Å². The number of hydrogen-bond donors (Lipinski definition) is 1. The van der Waals surface area contributed by atoms with Crippen LogP contribution in [0.15, 0.2) is 12.1 Å². The molecule has 4 nitrogen and oxygen atoms in total. The Morgan fingerprint density at radius 2 is 1.94 bits per heavy atom. The summed E-state index contributed by atoms with van der Waals surface area (Å²) >= 11 is 11.7. The number of nitrogen functional groups attached to an aromatic ring is 1. The molecule has 0 saturated carbocycles. The molecule has 0 aromatic heterocycles. The van der Waals surface area contributed by atoms with Crippen molar-refractivity contribution in [2.24, 2.45) is 0 Å². The molecule has 0 fully saturated rings. The summed E-state index contributed by atoms with van der Waals surface area (Å²) in [6.07, 6.45) is 0. The third kappa shape index (κ3) is 3.49. The van der Waals surface area contributed by atoms with Crippen molar-refractivity contribution in [1.29, 1.82) is 0 Å². The summed E-state index contributed by atoms with van der Waals surface area (Å²) in [4.78, 5) is 13.5. The van der Waals surface area contributed by atoms with Gasteiger partial charge >= 0.3 is 0 Å². The van der Waals surface area contributed by atoms with E-state index in [0.29, 0.717) is 18.7 Å². The summed E-state index contributed by atoms with van der Waals surface area (Å²) < 4.78 is 4.90. The van der Waals surface area contributed by atoms with E-state index in [9.17, 15) is 4.79 Å². The molecule has 1 aromatic rings. The molecule has 0 atom stereocenters. The Morgan fingerprint density at radius 3 is 2.41 bits per heavy atom. The minimum Gasteiger partial charge on any atom is -0.396 e. The van der Waals surface area contributed by atoms with Gasteiger partial charge in [0, 0.05) is 26.3 Å². The van der Waals surface area contributed by atoms with Gasteiger partial charge in [-0.25, -0.2) is 0 Å². The van der Waals surface area contributed by atoms with E-state index in [-0.39, 0.29) is 21.6 Å². The van der Waals surface area contributed by atoms with Crippen molar-refractivity contribution in [3.63, 3.8) is 0 Å². The van der Waals surface area contributed by atoms with E-state index in [1.807, 2.05) is 0 Å². The smallest absolute Gasteiger partial charge is 0.253 e. The molecule has 0 aliphatic heterocycles. The van der Waals surface area contributed by atoms with Crippen LogP contribution in [-0.4, -0.2) is 38.1 Å². The topological polar surface area (TPSA) is 55.6 Å². The minimum absolute atomic E-state index is 0.175. The first-order chi connectivity index (χ1) is 7.97. The van der Waals surface area contributed by atoms with E-state index in [1.54, 1.807) is 14.2 Å². The maximum Gasteiger partial charge on any atom is 0.253 e. The number of rotatable bonds is 4. The number of methoxy groups -OCH3 is 1. The monoisotopic (exact) mass is 276 g/mol. The molecule has 0 saturated heterocycles. The number of carbonyl (C=O) groups excluding carboxylic acids is 1. The number of likely N-dealkylation sites (N-methyl/N-ethyl adjacent to an activating group) is 1. The predicted octanol–water partition coefficient (Wildman–Crippen LogP) is 2.29. The lowest BCUT2D eigenvalue weighted by Gasteiger charge is -2.17. The van der Waals surface area contributed by atoms with Crippen molar-refractivity contribution < 1.29 is 9.53 Å². The molecule has 1 amide bonds. The third-order valence-corrected chi connectivity index (χ3v) is 2.93.